The van der Waals surface area contributed by atoms with Gasteiger partial charge in [-0.15, -0.1) is 0 Å². The van der Waals surface area contributed by atoms with Crippen molar-refractivity contribution in [2.24, 2.45) is 0 Å². The maximum atomic E-state index is 11.7. The molecule has 132 valence electrons. The van der Waals surface area contributed by atoms with Crippen LogP contribution in [-0.2, 0) is 20.7 Å². The fraction of sp³-hybridized carbons (Fsp3) is 0.529. The van der Waals surface area contributed by atoms with Crippen LogP contribution in [0.4, 0.5) is 0 Å². The van der Waals surface area contributed by atoms with Crippen molar-refractivity contribution in [2.75, 3.05) is 45.9 Å². The van der Waals surface area contributed by atoms with Crippen molar-refractivity contribution in [1.82, 2.24) is 15.5 Å². The first kappa shape index (κ1) is 18.7. The number of carbonyl (C=O) groups is 2. The Morgan fingerprint density at radius 3 is 2.33 bits per heavy atom. The Balaban J connectivity index is 1.54. The van der Waals surface area contributed by atoms with E-state index in [1.54, 1.807) is 0 Å². The van der Waals surface area contributed by atoms with Gasteiger partial charge in [0, 0.05) is 37.7 Å². The van der Waals surface area contributed by atoms with Crippen molar-refractivity contribution in [3.05, 3.63) is 34.9 Å². The predicted octanol–water partition coefficient (Wildman–Crippen LogP) is 0.837. The van der Waals surface area contributed by atoms with Crippen LogP contribution in [0.5, 0.6) is 0 Å². The minimum Gasteiger partial charge on any atom is -0.379 e. The van der Waals surface area contributed by atoms with E-state index in [1.807, 2.05) is 24.3 Å². The molecule has 2 amide bonds. The average Bonchev–Trinajstić information content (AvgIpc) is 2.57. The molecule has 0 spiro atoms. The van der Waals surface area contributed by atoms with Gasteiger partial charge in [-0.2, -0.15) is 0 Å². The zero-order chi connectivity index (χ0) is 17.2. The molecule has 1 saturated heterocycles. The second kappa shape index (κ2) is 10.3. The van der Waals surface area contributed by atoms with E-state index in [-0.39, 0.29) is 18.2 Å². The molecule has 1 aromatic rings. The number of hydrogen-bond donors (Lipinski definition) is 2. The van der Waals surface area contributed by atoms with E-state index < -0.39 is 0 Å². The third-order valence-electron chi connectivity index (χ3n) is 3.82. The van der Waals surface area contributed by atoms with E-state index in [0.717, 1.165) is 38.4 Å². The molecule has 0 aliphatic carbocycles. The van der Waals surface area contributed by atoms with Crippen LogP contribution < -0.4 is 10.6 Å². The molecule has 1 aliphatic rings. The average molecular weight is 354 g/mol. The molecule has 6 nitrogen and oxygen atoms in total. The Bertz CT molecular complexity index is 530. The molecule has 1 aliphatic heterocycles. The monoisotopic (exact) mass is 353 g/mol. The molecule has 1 aromatic carbocycles. The standard InChI is InChI=1S/C17H24ClN3O3/c18-15-3-1-14(2-4-15)5-6-19-16(22)13-17(23)20-7-8-21-9-11-24-12-10-21/h1-4H,5-13H2,(H,19,22)(H,20,23). The lowest BCUT2D eigenvalue weighted by molar-refractivity contribution is -0.129. The Morgan fingerprint density at radius 1 is 1.04 bits per heavy atom. The van der Waals surface area contributed by atoms with Gasteiger partial charge in [0.15, 0.2) is 0 Å². The summed E-state index contributed by atoms with van der Waals surface area (Å²) in [6.45, 7) is 5.10. The second-order valence-corrected chi connectivity index (χ2v) is 6.14. The van der Waals surface area contributed by atoms with E-state index in [2.05, 4.69) is 15.5 Å². The number of rotatable bonds is 8. The summed E-state index contributed by atoms with van der Waals surface area (Å²) >= 11 is 5.82. The van der Waals surface area contributed by atoms with Crippen molar-refractivity contribution in [3.8, 4) is 0 Å². The Morgan fingerprint density at radius 2 is 1.67 bits per heavy atom. The lowest BCUT2D eigenvalue weighted by Gasteiger charge is -2.26. The molecule has 24 heavy (non-hydrogen) atoms. The molecule has 7 heteroatoms. The summed E-state index contributed by atoms with van der Waals surface area (Å²) in [5.74, 6) is -0.500. The third-order valence-corrected chi connectivity index (χ3v) is 4.08. The summed E-state index contributed by atoms with van der Waals surface area (Å²) in [7, 11) is 0. The fourth-order valence-electron chi connectivity index (χ4n) is 2.45. The van der Waals surface area contributed by atoms with E-state index in [1.165, 1.54) is 0 Å². The van der Waals surface area contributed by atoms with Crippen LogP contribution in [0.1, 0.15) is 12.0 Å². The number of morpholine rings is 1. The molecule has 0 radical (unpaired) electrons. The zero-order valence-corrected chi connectivity index (χ0v) is 14.5. The van der Waals surface area contributed by atoms with Crippen LogP contribution in [0, 0.1) is 0 Å². The predicted molar refractivity (Wildman–Crippen MR) is 93.1 cm³/mol. The quantitative estimate of drug-likeness (QED) is 0.679. The normalized spacial score (nSPS) is 15.0. The summed E-state index contributed by atoms with van der Waals surface area (Å²) in [5.41, 5.74) is 1.09. The lowest BCUT2D eigenvalue weighted by Crippen LogP contribution is -2.42. The first-order valence-corrected chi connectivity index (χ1v) is 8.59. The molecule has 2 N–H and O–H groups in total. The van der Waals surface area contributed by atoms with Gasteiger partial charge in [-0.25, -0.2) is 0 Å². The summed E-state index contributed by atoms with van der Waals surface area (Å²) in [6.07, 6.45) is 0.575. The first-order valence-electron chi connectivity index (χ1n) is 8.21. The van der Waals surface area contributed by atoms with E-state index >= 15 is 0 Å². The van der Waals surface area contributed by atoms with Gasteiger partial charge in [-0.3, -0.25) is 14.5 Å². The maximum Gasteiger partial charge on any atom is 0.229 e. The number of halogens is 1. The van der Waals surface area contributed by atoms with Gasteiger partial charge in [0.25, 0.3) is 0 Å². The summed E-state index contributed by atoms with van der Waals surface area (Å²) in [5, 5.41) is 6.23. The van der Waals surface area contributed by atoms with Gasteiger partial charge in [0.2, 0.25) is 11.8 Å². The topological polar surface area (TPSA) is 70.7 Å². The minimum atomic E-state index is -0.257. The maximum absolute atomic E-state index is 11.7. The number of amides is 2. The molecule has 1 fully saturated rings. The van der Waals surface area contributed by atoms with Crippen LogP contribution >= 0.6 is 11.6 Å². The van der Waals surface area contributed by atoms with E-state index in [0.29, 0.717) is 24.5 Å². The van der Waals surface area contributed by atoms with Gasteiger partial charge in [0.05, 0.1) is 13.2 Å². The molecule has 0 atom stereocenters. The highest BCUT2D eigenvalue weighted by atomic mass is 35.5. The van der Waals surface area contributed by atoms with Gasteiger partial charge >= 0.3 is 0 Å². The molecule has 0 aromatic heterocycles. The van der Waals surface area contributed by atoms with Crippen molar-refractivity contribution in [3.63, 3.8) is 0 Å². The summed E-state index contributed by atoms with van der Waals surface area (Å²) < 4.78 is 5.27. The van der Waals surface area contributed by atoms with Crippen LogP contribution in [0.25, 0.3) is 0 Å². The molecule has 0 saturated carbocycles. The number of ether oxygens (including phenoxy) is 1. The molecular weight excluding hydrogens is 330 g/mol. The van der Waals surface area contributed by atoms with Gasteiger partial charge in [0.1, 0.15) is 6.42 Å². The highest BCUT2D eigenvalue weighted by Crippen LogP contribution is 2.09. The number of nitrogens with zero attached hydrogens (tertiary/aromatic N) is 1. The van der Waals surface area contributed by atoms with Crippen molar-refractivity contribution in [1.29, 1.82) is 0 Å². The minimum absolute atomic E-state index is 0.135. The zero-order valence-electron chi connectivity index (χ0n) is 13.7. The van der Waals surface area contributed by atoms with Crippen molar-refractivity contribution in [2.45, 2.75) is 12.8 Å². The Kier molecular flexibility index (Phi) is 8.01. The van der Waals surface area contributed by atoms with Gasteiger partial charge in [-0.1, -0.05) is 23.7 Å². The van der Waals surface area contributed by atoms with E-state index in [9.17, 15) is 9.59 Å². The highest BCUT2D eigenvalue weighted by molar-refractivity contribution is 6.30. The molecule has 0 unspecified atom stereocenters. The number of carbonyl (C=O) groups excluding carboxylic acids is 2. The highest BCUT2D eigenvalue weighted by Gasteiger charge is 2.12. The Labute approximate surface area is 147 Å². The van der Waals surface area contributed by atoms with Gasteiger partial charge in [-0.05, 0) is 24.1 Å². The van der Waals surface area contributed by atoms with Crippen molar-refractivity contribution < 1.29 is 14.3 Å². The first-order chi connectivity index (χ1) is 11.6. The van der Waals surface area contributed by atoms with Gasteiger partial charge < -0.3 is 15.4 Å². The molecule has 1 heterocycles. The van der Waals surface area contributed by atoms with Crippen LogP contribution in [0.2, 0.25) is 5.02 Å². The number of benzene rings is 1. The second-order valence-electron chi connectivity index (χ2n) is 5.71. The van der Waals surface area contributed by atoms with Crippen LogP contribution in [0.15, 0.2) is 24.3 Å². The molecule has 2 rings (SSSR count). The SMILES string of the molecule is O=C(CC(=O)NCCN1CCOCC1)NCCc1ccc(Cl)cc1. The fourth-order valence-corrected chi connectivity index (χ4v) is 2.57. The third kappa shape index (κ3) is 7.29. The number of hydrogen-bond acceptors (Lipinski definition) is 4. The van der Waals surface area contributed by atoms with E-state index in [4.69, 9.17) is 16.3 Å². The molecule has 0 bridgehead atoms. The van der Waals surface area contributed by atoms with Crippen LogP contribution in [0.3, 0.4) is 0 Å². The van der Waals surface area contributed by atoms with Crippen LogP contribution in [-0.4, -0.2) is 62.7 Å². The molecular formula is C17H24ClN3O3. The summed E-state index contributed by atoms with van der Waals surface area (Å²) in [6, 6.07) is 7.49. The summed E-state index contributed by atoms with van der Waals surface area (Å²) in [4.78, 5) is 25.7. The smallest absolute Gasteiger partial charge is 0.229 e. The largest absolute Gasteiger partial charge is 0.379 e. The van der Waals surface area contributed by atoms with Crippen molar-refractivity contribution >= 4 is 23.4 Å². The Hall–Kier alpha value is -1.63. The lowest BCUT2D eigenvalue weighted by atomic mass is 10.1. The number of nitrogens with one attached hydrogen (secondary N) is 2.